The largest absolute Gasteiger partial charge is 0.496 e. The number of aromatic nitrogens is 1. The normalized spacial score (nSPS) is 10.9. The summed E-state index contributed by atoms with van der Waals surface area (Å²) in [5.41, 5.74) is 1.88. The summed E-state index contributed by atoms with van der Waals surface area (Å²) >= 11 is 0. The second kappa shape index (κ2) is 8.90. The molecular weight excluding hydrogens is 356 g/mol. The molecule has 0 saturated heterocycles. The third kappa shape index (κ3) is 4.40. The second-order valence-corrected chi connectivity index (χ2v) is 6.17. The Balaban J connectivity index is 1.70. The van der Waals surface area contributed by atoms with Crippen molar-refractivity contribution < 1.29 is 14.3 Å². The standard InChI is InChI=1S/C22H22N2O4/c1-27-18-9-10-19(28-2)21-17(18)14-16(22(26)24-21)12-13-23-20(25)11-8-15-6-4-3-5-7-15/h3-11,14H,12-13H2,1-2H3,(H,23,25)(H,24,26)/b11-8+. The highest BCUT2D eigenvalue weighted by molar-refractivity contribution is 5.92. The summed E-state index contributed by atoms with van der Waals surface area (Å²) in [6, 6.07) is 14.9. The molecule has 28 heavy (non-hydrogen) atoms. The zero-order chi connectivity index (χ0) is 19.9. The van der Waals surface area contributed by atoms with Gasteiger partial charge in [-0.15, -0.1) is 0 Å². The van der Waals surface area contributed by atoms with E-state index < -0.39 is 0 Å². The van der Waals surface area contributed by atoms with E-state index in [1.165, 1.54) is 6.08 Å². The third-order valence-electron chi connectivity index (χ3n) is 4.38. The summed E-state index contributed by atoms with van der Waals surface area (Å²) < 4.78 is 10.7. The average molecular weight is 378 g/mol. The molecule has 1 amide bonds. The van der Waals surface area contributed by atoms with Crippen molar-refractivity contribution in [1.29, 1.82) is 0 Å². The van der Waals surface area contributed by atoms with E-state index in [0.717, 1.165) is 10.9 Å². The number of benzene rings is 2. The summed E-state index contributed by atoms with van der Waals surface area (Å²) in [6.45, 7) is 0.346. The lowest BCUT2D eigenvalue weighted by Crippen LogP contribution is -2.25. The number of aromatic amines is 1. The Kier molecular flexibility index (Phi) is 6.11. The maximum atomic E-state index is 12.4. The van der Waals surface area contributed by atoms with Crippen LogP contribution in [0.25, 0.3) is 17.0 Å². The molecule has 0 atom stereocenters. The van der Waals surface area contributed by atoms with Gasteiger partial charge in [-0.3, -0.25) is 9.59 Å². The summed E-state index contributed by atoms with van der Waals surface area (Å²) in [5.74, 6) is 1.00. The van der Waals surface area contributed by atoms with Gasteiger partial charge in [-0.25, -0.2) is 0 Å². The molecule has 1 heterocycles. The van der Waals surface area contributed by atoms with Crippen LogP contribution >= 0.6 is 0 Å². The lowest BCUT2D eigenvalue weighted by Gasteiger charge is -2.11. The minimum atomic E-state index is -0.215. The maximum absolute atomic E-state index is 12.4. The van der Waals surface area contributed by atoms with Gasteiger partial charge in [-0.05, 0) is 36.3 Å². The number of methoxy groups -OCH3 is 2. The SMILES string of the molecule is COc1ccc(OC)c2[nH]c(=O)c(CCNC(=O)/C=C/c3ccccc3)cc12. The average Bonchev–Trinajstić information content (AvgIpc) is 2.72. The van der Waals surface area contributed by atoms with E-state index in [2.05, 4.69) is 10.3 Å². The molecule has 144 valence electrons. The van der Waals surface area contributed by atoms with Gasteiger partial charge >= 0.3 is 0 Å². The molecule has 3 aromatic rings. The lowest BCUT2D eigenvalue weighted by atomic mass is 10.1. The Morgan fingerprint density at radius 1 is 1.07 bits per heavy atom. The first kappa shape index (κ1) is 19.2. The molecule has 1 aromatic heterocycles. The predicted octanol–water partition coefficient (Wildman–Crippen LogP) is 2.92. The molecule has 0 aliphatic rings. The molecule has 0 aliphatic carbocycles. The molecule has 6 heteroatoms. The van der Waals surface area contributed by atoms with Crippen LogP contribution in [0.15, 0.2) is 59.4 Å². The van der Waals surface area contributed by atoms with Gasteiger partial charge < -0.3 is 19.8 Å². The molecule has 0 saturated carbocycles. The zero-order valence-corrected chi connectivity index (χ0v) is 15.8. The Hall–Kier alpha value is -3.54. The van der Waals surface area contributed by atoms with Crippen molar-refractivity contribution in [1.82, 2.24) is 10.3 Å². The monoisotopic (exact) mass is 378 g/mol. The third-order valence-corrected chi connectivity index (χ3v) is 4.38. The van der Waals surface area contributed by atoms with Gasteiger partial charge in [-0.1, -0.05) is 30.3 Å². The van der Waals surface area contributed by atoms with Gasteiger partial charge in [0.25, 0.3) is 5.56 Å². The zero-order valence-electron chi connectivity index (χ0n) is 15.8. The van der Waals surface area contributed by atoms with E-state index in [-0.39, 0.29) is 11.5 Å². The Bertz CT molecular complexity index is 1060. The van der Waals surface area contributed by atoms with Crippen LogP contribution in [0.1, 0.15) is 11.1 Å². The van der Waals surface area contributed by atoms with E-state index in [4.69, 9.17) is 9.47 Å². The number of ether oxygens (including phenoxy) is 2. The molecule has 0 bridgehead atoms. The van der Waals surface area contributed by atoms with Crippen molar-refractivity contribution in [2.45, 2.75) is 6.42 Å². The topological polar surface area (TPSA) is 80.4 Å². The van der Waals surface area contributed by atoms with Crippen LogP contribution < -0.4 is 20.3 Å². The molecular formula is C22H22N2O4. The number of fused-ring (bicyclic) bond motifs is 1. The lowest BCUT2D eigenvalue weighted by molar-refractivity contribution is -0.116. The van der Waals surface area contributed by atoms with Crippen molar-refractivity contribution in [2.75, 3.05) is 20.8 Å². The van der Waals surface area contributed by atoms with Gasteiger partial charge in [0, 0.05) is 23.6 Å². The van der Waals surface area contributed by atoms with Crippen LogP contribution in [0.5, 0.6) is 11.5 Å². The molecule has 0 fully saturated rings. The molecule has 0 aliphatic heterocycles. The molecule has 0 spiro atoms. The highest BCUT2D eigenvalue weighted by atomic mass is 16.5. The Morgan fingerprint density at radius 3 is 2.50 bits per heavy atom. The molecule has 2 aromatic carbocycles. The summed E-state index contributed by atoms with van der Waals surface area (Å²) in [4.78, 5) is 27.2. The highest BCUT2D eigenvalue weighted by Gasteiger charge is 2.11. The fourth-order valence-electron chi connectivity index (χ4n) is 2.94. The summed E-state index contributed by atoms with van der Waals surface area (Å²) in [5, 5.41) is 3.55. The van der Waals surface area contributed by atoms with E-state index in [9.17, 15) is 9.59 Å². The van der Waals surface area contributed by atoms with Crippen molar-refractivity contribution in [3.05, 3.63) is 76.1 Å². The number of carbonyl (C=O) groups is 1. The first-order valence-electron chi connectivity index (χ1n) is 8.90. The number of pyridine rings is 1. The van der Waals surface area contributed by atoms with Crippen molar-refractivity contribution >= 4 is 22.9 Å². The van der Waals surface area contributed by atoms with Gasteiger partial charge in [0.1, 0.15) is 11.5 Å². The fourth-order valence-corrected chi connectivity index (χ4v) is 2.94. The van der Waals surface area contributed by atoms with Crippen LogP contribution in [0.3, 0.4) is 0 Å². The van der Waals surface area contributed by atoms with Crippen molar-refractivity contribution in [2.24, 2.45) is 0 Å². The van der Waals surface area contributed by atoms with Crippen molar-refractivity contribution in [3.8, 4) is 11.5 Å². The van der Waals surface area contributed by atoms with Crippen LogP contribution in [0.2, 0.25) is 0 Å². The molecule has 2 N–H and O–H groups in total. The first-order valence-corrected chi connectivity index (χ1v) is 8.90. The molecule has 3 rings (SSSR count). The summed E-state index contributed by atoms with van der Waals surface area (Å²) in [6.07, 6.45) is 3.62. The summed E-state index contributed by atoms with van der Waals surface area (Å²) in [7, 11) is 3.12. The van der Waals surface area contributed by atoms with Gasteiger partial charge in [0.05, 0.1) is 19.7 Å². The second-order valence-electron chi connectivity index (χ2n) is 6.17. The van der Waals surface area contributed by atoms with Gasteiger partial charge in [-0.2, -0.15) is 0 Å². The van der Waals surface area contributed by atoms with Crippen LogP contribution in [-0.4, -0.2) is 31.7 Å². The maximum Gasteiger partial charge on any atom is 0.251 e. The van der Waals surface area contributed by atoms with Crippen LogP contribution in [0, 0.1) is 0 Å². The quantitative estimate of drug-likeness (QED) is 0.620. The number of H-pyrrole nitrogens is 1. The minimum Gasteiger partial charge on any atom is -0.496 e. The fraction of sp³-hybridized carbons (Fsp3) is 0.182. The number of carbonyl (C=O) groups excluding carboxylic acids is 1. The van der Waals surface area contributed by atoms with Crippen molar-refractivity contribution in [3.63, 3.8) is 0 Å². The Morgan fingerprint density at radius 2 is 1.79 bits per heavy atom. The number of rotatable bonds is 7. The van der Waals surface area contributed by atoms with Crippen LogP contribution in [-0.2, 0) is 11.2 Å². The highest BCUT2D eigenvalue weighted by Crippen LogP contribution is 2.31. The predicted molar refractivity (Wildman–Crippen MR) is 110 cm³/mol. The number of nitrogens with one attached hydrogen (secondary N) is 2. The molecule has 0 unspecified atom stereocenters. The Labute approximate surface area is 162 Å². The van der Waals surface area contributed by atoms with E-state index in [0.29, 0.717) is 35.5 Å². The van der Waals surface area contributed by atoms with Crippen LogP contribution in [0.4, 0.5) is 0 Å². The van der Waals surface area contributed by atoms with E-state index >= 15 is 0 Å². The minimum absolute atomic E-state index is 0.208. The smallest absolute Gasteiger partial charge is 0.251 e. The van der Waals surface area contributed by atoms with E-state index in [1.54, 1.807) is 38.5 Å². The first-order chi connectivity index (χ1) is 13.6. The van der Waals surface area contributed by atoms with Gasteiger partial charge in [0.15, 0.2) is 0 Å². The van der Waals surface area contributed by atoms with Gasteiger partial charge in [0.2, 0.25) is 5.91 Å². The van der Waals surface area contributed by atoms with E-state index in [1.807, 2.05) is 30.3 Å². The molecule has 6 nitrogen and oxygen atoms in total. The number of amides is 1. The molecule has 0 radical (unpaired) electrons. The number of hydrogen-bond donors (Lipinski definition) is 2. The number of hydrogen-bond acceptors (Lipinski definition) is 4.